The number of nitrogens with one attached hydrogen (secondary N) is 1. The number of halogens is 1. The van der Waals surface area contributed by atoms with Gasteiger partial charge in [0.2, 0.25) is 5.13 Å². The molecule has 1 aromatic carbocycles. The molecule has 0 fully saturated rings. The normalized spacial score (nSPS) is 11.6. The highest BCUT2D eigenvalue weighted by Gasteiger charge is 2.21. The first-order chi connectivity index (χ1) is 9.33. The number of hydrogen-bond acceptors (Lipinski definition) is 6. The average Bonchev–Trinajstić information content (AvgIpc) is 2.76. The lowest BCUT2D eigenvalue weighted by Crippen LogP contribution is -2.15. The van der Waals surface area contributed by atoms with Crippen LogP contribution in [-0.2, 0) is 16.6 Å². The van der Waals surface area contributed by atoms with Gasteiger partial charge in [0.15, 0.2) is 0 Å². The summed E-state index contributed by atoms with van der Waals surface area (Å²) in [7, 11) is -3.73. The van der Waals surface area contributed by atoms with E-state index in [9.17, 15) is 8.42 Å². The van der Waals surface area contributed by atoms with Crippen molar-refractivity contribution in [3.63, 3.8) is 0 Å². The molecule has 0 amide bonds. The standard InChI is InChI=1S/C11H13BrN4O2S2/c1-6-3-8(5-13)4-9(10(6)12)20(17,18)16-11-15-14-7(2)19-11/h3-4H,5,13H2,1-2H3,(H,15,16). The van der Waals surface area contributed by atoms with Crippen LogP contribution in [0.15, 0.2) is 21.5 Å². The number of sulfonamides is 1. The molecular weight excluding hydrogens is 364 g/mol. The number of hydrogen-bond donors (Lipinski definition) is 2. The second-order valence-corrected chi connectivity index (χ2v) is 7.79. The maximum Gasteiger partial charge on any atom is 0.264 e. The largest absolute Gasteiger partial charge is 0.326 e. The zero-order chi connectivity index (χ0) is 14.9. The van der Waals surface area contributed by atoms with Crippen LogP contribution in [0.2, 0.25) is 0 Å². The molecule has 0 aliphatic carbocycles. The molecule has 1 aromatic heterocycles. The van der Waals surface area contributed by atoms with E-state index >= 15 is 0 Å². The Hall–Kier alpha value is -1.03. The van der Waals surface area contributed by atoms with Crippen LogP contribution in [0.5, 0.6) is 0 Å². The van der Waals surface area contributed by atoms with Crippen LogP contribution in [0.4, 0.5) is 5.13 Å². The predicted octanol–water partition coefficient (Wildman–Crippen LogP) is 2.18. The van der Waals surface area contributed by atoms with Crippen LogP contribution < -0.4 is 10.5 Å². The predicted molar refractivity (Wildman–Crippen MR) is 82.2 cm³/mol. The molecule has 6 nitrogen and oxygen atoms in total. The summed E-state index contributed by atoms with van der Waals surface area (Å²) in [5.74, 6) is 0. The van der Waals surface area contributed by atoms with Gasteiger partial charge in [0.25, 0.3) is 10.0 Å². The Morgan fingerprint density at radius 3 is 2.60 bits per heavy atom. The molecule has 2 rings (SSSR count). The third-order valence-electron chi connectivity index (χ3n) is 2.55. The number of nitrogens with two attached hydrogens (primary N) is 1. The summed E-state index contributed by atoms with van der Waals surface area (Å²) in [4.78, 5) is 0.144. The van der Waals surface area contributed by atoms with Gasteiger partial charge in [-0.2, -0.15) is 0 Å². The fraction of sp³-hybridized carbons (Fsp3) is 0.273. The van der Waals surface area contributed by atoms with Gasteiger partial charge in [0.05, 0.1) is 0 Å². The SMILES string of the molecule is Cc1nnc(NS(=O)(=O)c2cc(CN)cc(C)c2Br)s1. The van der Waals surface area contributed by atoms with Crippen molar-refractivity contribution in [3.8, 4) is 0 Å². The van der Waals surface area contributed by atoms with Crippen LogP contribution in [-0.4, -0.2) is 18.6 Å². The third kappa shape index (κ3) is 3.17. The van der Waals surface area contributed by atoms with E-state index in [0.717, 1.165) is 11.1 Å². The number of nitrogens with zero attached hydrogens (tertiary/aromatic N) is 2. The molecule has 0 unspecified atom stereocenters. The Bertz CT molecular complexity index is 743. The molecule has 0 atom stereocenters. The van der Waals surface area contributed by atoms with Gasteiger partial charge in [-0.3, -0.25) is 4.72 Å². The third-order valence-corrected chi connectivity index (χ3v) is 6.12. The van der Waals surface area contributed by atoms with Crippen molar-refractivity contribution in [2.75, 3.05) is 4.72 Å². The molecule has 108 valence electrons. The van der Waals surface area contributed by atoms with Gasteiger partial charge in [-0.05, 0) is 47.0 Å². The van der Waals surface area contributed by atoms with Crippen LogP contribution >= 0.6 is 27.3 Å². The van der Waals surface area contributed by atoms with Crippen LogP contribution in [0.1, 0.15) is 16.1 Å². The monoisotopic (exact) mass is 376 g/mol. The maximum absolute atomic E-state index is 12.4. The first kappa shape index (κ1) is 15.4. The Morgan fingerprint density at radius 2 is 2.05 bits per heavy atom. The summed E-state index contributed by atoms with van der Waals surface area (Å²) in [5, 5.41) is 8.47. The topological polar surface area (TPSA) is 98.0 Å². The second kappa shape index (κ2) is 5.76. The lowest BCUT2D eigenvalue weighted by atomic mass is 10.1. The van der Waals surface area contributed by atoms with Crippen LogP contribution in [0, 0.1) is 13.8 Å². The van der Waals surface area contributed by atoms with Gasteiger partial charge >= 0.3 is 0 Å². The number of aryl methyl sites for hydroxylation is 2. The number of rotatable bonds is 4. The minimum absolute atomic E-state index is 0.144. The second-order valence-electron chi connectivity index (χ2n) is 4.16. The highest BCUT2D eigenvalue weighted by Crippen LogP contribution is 2.29. The van der Waals surface area contributed by atoms with Crippen molar-refractivity contribution < 1.29 is 8.42 Å². The molecule has 0 saturated heterocycles. The summed E-state index contributed by atoms with van der Waals surface area (Å²) in [6.45, 7) is 3.84. The molecule has 0 saturated carbocycles. The Kier molecular flexibility index (Phi) is 4.43. The van der Waals surface area contributed by atoms with Crippen molar-refractivity contribution in [2.45, 2.75) is 25.3 Å². The van der Waals surface area contributed by atoms with E-state index in [1.807, 2.05) is 13.0 Å². The van der Waals surface area contributed by atoms with Gasteiger partial charge in [0, 0.05) is 11.0 Å². The zero-order valence-electron chi connectivity index (χ0n) is 10.8. The molecule has 9 heteroatoms. The van der Waals surface area contributed by atoms with E-state index < -0.39 is 10.0 Å². The molecule has 2 aromatic rings. The lowest BCUT2D eigenvalue weighted by Gasteiger charge is -2.11. The molecule has 3 N–H and O–H groups in total. The smallest absolute Gasteiger partial charge is 0.264 e. The Morgan fingerprint density at radius 1 is 1.35 bits per heavy atom. The fourth-order valence-corrected chi connectivity index (χ4v) is 4.52. The number of benzene rings is 1. The van der Waals surface area contributed by atoms with E-state index in [2.05, 4.69) is 30.8 Å². The van der Waals surface area contributed by atoms with E-state index in [1.54, 1.807) is 13.0 Å². The van der Waals surface area contributed by atoms with E-state index in [4.69, 9.17) is 5.73 Å². The van der Waals surface area contributed by atoms with Gasteiger partial charge in [0.1, 0.15) is 9.90 Å². The molecule has 0 spiro atoms. The van der Waals surface area contributed by atoms with E-state index in [1.165, 1.54) is 11.3 Å². The molecule has 0 radical (unpaired) electrons. The van der Waals surface area contributed by atoms with Gasteiger partial charge in [-0.1, -0.05) is 17.4 Å². The van der Waals surface area contributed by atoms with Crippen molar-refractivity contribution in [2.24, 2.45) is 5.73 Å². The zero-order valence-corrected chi connectivity index (χ0v) is 14.1. The lowest BCUT2D eigenvalue weighted by molar-refractivity contribution is 0.600. The van der Waals surface area contributed by atoms with Gasteiger partial charge < -0.3 is 5.73 Å². The summed E-state index contributed by atoms with van der Waals surface area (Å²) >= 11 is 4.48. The molecule has 1 heterocycles. The minimum atomic E-state index is -3.73. The number of aromatic nitrogens is 2. The van der Waals surface area contributed by atoms with Crippen molar-refractivity contribution in [1.29, 1.82) is 0 Å². The summed E-state index contributed by atoms with van der Waals surface area (Å²) in [5.41, 5.74) is 7.14. The van der Waals surface area contributed by atoms with E-state index in [0.29, 0.717) is 9.48 Å². The van der Waals surface area contributed by atoms with Crippen LogP contribution in [0.3, 0.4) is 0 Å². The highest BCUT2D eigenvalue weighted by atomic mass is 79.9. The molecule has 20 heavy (non-hydrogen) atoms. The molecular formula is C11H13BrN4O2S2. The summed E-state index contributed by atoms with van der Waals surface area (Å²) in [6.07, 6.45) is 0. The van der Waals surface area contributed by atoms with Crippen molar-refractivity contribution >= 4 is 42.4 Å². The number of anilines is 1. The molecule has 0 aliphatic rings. The minimum Gasteiger partial charge on any atom is -0.326 e. The quantitative estimate of drug-likeness (QED) is 0.851. The first-order valence-corrected chi connectivity index (χ1v) is 8.75. The fourth-order valence-electron chi connectivity index (χ4n) is 1.63. The molecule has 0 bridgehead atoms. The maximum atomic E-state index is 12.4. The first-order valence-electron chi connectivity index (χ1n) is 5.65. The highest BCUT2D eigenvalue weighted by molar-refractivity contribution is 9.10. The van der Waals surface area contributed by atoms with Gasteiger partial charge in [-0.25, -0.2) is 8.42 Å². The van der Waals surface area contributed by atoms with Crippen LogP contribution in [0.25, 0.3) is 0 Å². The van der Waals surface area contributed by atoms with Crippen molar-refractivity contribution in [3.05, 3.63) is 32.7 Å². The summed E-state index contributed by atoms with van der Waals surface area (Å²) < 4.78 is 27.8. The Balaban J connectivity index is 2.46. The van der Waals surface area contributed by atoms with Crippen molar-refractivity contribution in [1.82, 2.24) is 10.2 Å². The molecule has 0 aliphatic heterocycles. The summed E-state index contributed by atoms with van der Waals surface area (Å²) in [6, 6.07) is 3.39. The van der Waals surface area contributed by atoms with E-state index in [-0.39, 0.29) is 16.6 Å². The average molecular weight is 377 g/mol. The van der Waals surface area contributed by atoms with Gasteiger partial charge in [-0.15, -0.1) is 10.2 Å². The Labute approximate surface area is 129 Å².